The molecule has 0 rings (SSSR count). The molecule has 0 aromatic rings. The van der Waals surface area contributed by atoms with Gasteiger partial charge in [0, 0.05) is 0 Å². The Labute approximate surface area is 266 Å². The second-order valence-electron chi connectivity index (χ2n) is 13.3. The van der Waals surface area contributed by atoms with Crippen LogP contribution < -0.4 is 0 Å². The summed E-state index contributed by atoms with van der Waals surface area (Å²) < 4.78 is 25.6. The van der Waals surface area contributed by atoms with Gasteiger partial charge in [-0.2, -0.15) is 0 Å². The lowest BCUT2D eigenvalue weighted by molar-refractivity contribution is 0.197. The van der Waals surface area contributed by atoms with Gasteiger partial charge >= 0.3 is 7.60 Å². The fourth-order valence-electron chi connectivity index (χ4n) is 5.90. The first-order chi connectivity index (χ1) is 20.7. The van der Waals surface area contributed by atoms with Crippen molar-refractivity contribution in [1.82, 2.24) is 0 Å². The van der Waals surface area contributed by atoms with Gasteiger partial charge in [0.05, 0.1) is 19.4 Å². The molecule has 254 valence electrons. The largest absolute Gasteiger partial charge is 0.330 e. The Morgan fingerprint density at radius 3 is 0.786 bits per heavy atom. The predicted molar refractivity (Wildman–Crippen MR) is 189 cm³/mol. The van der Waals surface area contributed by atoms with Crippen LogP contribution >= 0.6 is 7.60 Å². The van der Waals surface area contributed by atoms with Crippen LogP contribution in [-0.2, 0) is 13.6 Å². The molecule has 0 amide bonds. The third kappa shape index (κ3) is 33.1. The monoisotopic (exact) mass is 615 g/mol. The van der Waals surface area contributed by atoms with Gasteiger partial charge in [0.25, 0.3) is 0 Å². The van der Waals surface area contributed by atoms with E-state index in [1.54, 1.807) is 0 Å². The summed E-state index contributed by atoms with van der Waals surface area (Å²) in [5, 5.41) is 0. The van der Waals surface area contributed by atoms with Crippen molar-refractivity contribution in [3.8, 4) is 0 Å². The van der Waals surface area contributed by atoms with E-state index in [-0.39, 0.29) is 0 Å². The van der Waals surface area contributed by atoms with Crippen molar-refractivity contribution in [1.29, 1.82) is 0 Å². The number of hydrogen-bond donors (Lipinski definition) is 0. The molecule has 0 radical (unpaired) electrons. The van der Waals surface area contributed by atoms with E-state index in [9.17, 15) is 4.57 Å². The van der Waals surface area contributed by atoms with Gasteiger partial charge in [-0.15, -0.1) is 0 Å². The minimum absolute atomic E-state index is 0.601. The summed E-state index contributed by atoms with van der Waals surface area (Å²) in [5.41, 5.74) is 0. The first kappa shape index (κ1) is 42.1. The van der Waals surface area contributed by atoms with Crippen molar-refractivity contribution in [2.45, 2.75) is 226 Å². The summed E-state index contributed by atoms with van der Waals surface area (Å²) in [5.74, 6) is 0. The molecule has 0 aliphatic heterocycles. The topological polar surface area (TPSA) is 35.5 Å². The third-order valence-electron chi connectivity index (χ3n) is 8.86. The number of hydrogen-bond acceptors (Lipinski definition) is 3. The first-order valence-electron chi connectivity index (χ1n) is 19.6. The Hall–Kier alpha value is 0.150. The SMILES string of the molecule is CCCCCCCCCCCCCCP(=O)(OCCCCCCCCCCCC)OCCCCCCCCCCCC. The molecular weight excluding hydrogens is 535 g/mol. The van der Waals surface area contributed by atoms with Crippen molar-refractivity contribution < 1.29 is 13.6 Å². The summed E-state index contributed by atoms with van der Waals surface area (Å²) in [6.45, 7) is 8.05. The Morgan fingerprint density at radius 1 is 0.310 bits per heavy atom. The van der Waals surface area contributed by atoms with Crippen LogP contribution in [0.2, 0.25) is 0 Å². The van der Waals surface area contributed by atoms with Crippen LogP contribution in [0.15, 0.2) is 0 Å². The lowest BCUT2D eigenvalue weighted by Crippen LogP contribution is -2.04. The van der Waals surface area contributed by atoms with Crippen molar-refractivity contribution in [2.75, 3.05) is 19.4 Å². The van der Waals surface area contributed by atoms with Gasteiger partial charge in [-0.3, -0.25) is 4.57 Å². The fraction of sp³-hybridized carbons (Fsp3) is 1.00. The van der Waals surface area contributed by atoms with Gasteiger partial charge in [0.15, 0.2) is 0 Å². The zero-order valence-electron chi connectivity index (χ0n) is 29.4. The molecule has 42 heavy (non-hydrogen) atoms. The quantitative estimate of drug-likeness (QED) is 0.0516. The lowest BCUT2D eigenvalue weighted by atomic mass is 10.1. The van der Waals surface area contributed by atoms with Crippen molar-refractivity contribution in [3.05, 3.63) is 0 Å². The molecule has 0 bridgehead atoms. The van der Waals surface area contributed by atoms with Gasteiger partial charge in [-0.05, 0) is 19.3 Å². The maximum absolute atomic E-state index is 13.6. The molecule has 0 saturated heterocycles. The molecule has 0 aliphatic rings. The van der Waals surface area contributed by atoms with Crippen LogP contribution in [-0.4, -0.2) is 19.4 Å². The molecular formula is C38H79O3P. The maximum Gasteiger partial charge on any atom is 0.330 e. The van der Waals surface area contributed by atoms with Crippen LogP contribution in [0.4, 0.5) is 0 Å². The van der Waals surface area contributed by atoms with Crippen LogP contribution in [0.25, 0.3) is 0 Å². The van der Waals surface area contributed by atoms with Crippen LogP contribution in [0.1, 0.15) is 226 Å². The van der Waals surface area contributed by atoms with E-state index >= 15 is 0 Å². The van der Waals surface area contributed by atoms with E-state index in [1.165, 1.54) is 180 Å². The Morgan fingerprint density at radius 2 is 0.524 bits per heavy atom. The van der Waals surface area contributed by atoms with E-state index in [0.717, 1.165) is 25.7 Å². The van der Waals surface area contributed by atoms with Crippen molar-refractivity contribution in [2.24, 2.45) is 0 Å². The summed E-state index contributed by atoms with van der Waals surface area (Å²) in [6.07, 6.45) is 42.6. The second-order valence-corrected chi connectivity index (χ2v) is 15.4. The summed E-state index contributed by atoms with van der Waals surface area (Å²) in [6, 6.07) is 0. The van der Waals surface area contributed by atoms with Gasteiger partial charge in [0.1, 0.15) is 0 Å². The number of unbranched alkanes of at least 4 members (excludes halogenated alkanes) is 29. The van der Waals surface area contributed by atoms with Gasteiger partial charge < -0.3 is 9.05 Å². The molecule has 0 aromatic carbocycles. The third-order valence-corrected chi connectivity index (χ3v) is 10.9. The molecule has 3 nitrogen and oxygen atoms in total. The summed E-state index contributed by atoms with van der Waals surface area (Å²) in [4.78, 5) is 0. The minimum atomic E-state index is -2.95. The molecule has 0 spiro atoms. The molecule has 0 saturated carbocycles. The molecule has 0 fully saturated rings. The molecule has 0 aliphatic carbocycles. The Kier molecular flexibility index (Phi) is 35.8. The van der Waals surface area contributed by atoms with E-state index in [1.807, 2.05) is 0 Å². The predicted octanol–water partition coefficient (Wildman–Crippen LogP) is 14.8. The maximum atomic E-state index is 13.6. The lowest BCUT2D eigenvalue weighted by Gasteiger charge is -2.19. The fourth-order valence-corrected chi connectivity index (χ4v) is 7.66. The van der Waals surface area contributed by atoms with Gasteiger partial charge in [-0.25, -0.2) is 0 Å². The summed E-state index contributed by atoms with van der Waals surface area (Å²) in [7, 11) is -2.95. The van der Waals surface area contributed by atoms with Crippen LogP contribution in [0, 0.1) is 0 Å². The van der Waals surface area contributed by atoms with E-state index in [4.69, 9.17) is 9.05 Å². The minimum Gasteiger partial charge on any atom is -0.309 e. The average Bonchev–Trinajstić information content (AvgIpc) is 2.99. The van der Waals surface area contributed by atoms with Gasteiger partial charge in [0.2, 0.25) is 0 Å². The summed E-state index contributed by atoms with van der Waals surface area (Å²) >= 11 is 0. The molecule has 0 atom stereocenters. The van der Waals surface area contributed by atoms with E-state index < -0.39 is 7.60 Å². The van der Waals surface area contributed by atoms with Crippen LogP contribution in [0.5, 0.6) is 0 Å². The smallest absolute Gasteiger partial charge is 0.309 e. The molecule has 4 heteroatoms. The molecule has 0 N–H and O–H groups in total. The second kappa shape index (κ2) is 35.6. The molecule has 0 heterocycles. The standard InChI is InChI=1S/C38H79O3P/c1-4-7-10-13-16-19-22-23-26-29-32-35-38-42(39,40-36-33-30-27-24-20-17-14-11-8-5-2)41-37-34-31-28-25-21-18-15-12-9-6-3/h4-38H2,1-3H3. The Balaban J connectivity index is 4.07. The number of rotatable bonds is 37. The normalized spacial score (nSPS) is 12.0. The zero-order chi connectivity index (χ0) is 30.7. The highest BCUT2D eigenvalue weighted by Crippen LogP contribution is 2.49. The first-order valence-corrected chi connectivity index (χ1v) is 21.3. The Bertz CT molecular complexity index is 508. The highest BCUT2D eigenvalue weighted by molar-refractivity contribution is 7.53. The van der Waals surface area contributed by atoms with Crippen molar-refractivity contribution in [3.63, 3.8) is 0 Å². The van der Waals surface area contributed by atoms with Gasteiger partial charge in [-0.1, -0.05) is 207 Å². The highest BCUT2D eigenvalue weighted by atomic mass is 31.2. The van der Waals surface area contributed by atoms with Crippen molar-refractivity contribution >= 4 is 7.60 Å². The van der Waals surface area contributed by atoms with E-state index in [0.29, 0.717) is 19.4 Å². The zero-order valence-corrected chi connectivity index (χ0v) is 30.3. The molecule has 0 unspecified atom stereocenters. The molecule has 0 aromatic heterocycles. The average molecular weight is 615 g/mol. The highest BCUT2D eigenvalue weighted by Gasteiger charge is 2.23. The van der Waals surface area contributed by atoms with E-state index in [2.05, 4.69) is 20.8 Å². The van der Waals surface area contributed by atoms with Crippen LogP contribution in [0.3, 0.4) is 0 Å².